The van der Waals surface area contributed by atoms with E-state index in [4.69, 9.17) is 0 Å². The lowest BCUT2D eigenvalue weighted by molar-refractivity contribution is 0.766. The predicted octanol–water partition coefficient (Wildman–Crippen LogP) is 2.41. The Bertz CT molecular complexity index is 472. The summed E-state index contributed by atoms with van der Waals surface area (Å²) in [5.41, 5.74) is 1.08. The first-order valence-electron chi connectivity index (χ1n) is 4.85. The fourth-order valence-corrected chi connectivity index (χ4v) is 2.25. The summed E-state index contributed by atoms with van der Waals surface area (Å²) in [4.78, 5) is 4.52. The molecule has 15 heavy (non-hydrogen) atoms. The number of benzene rings is 1. The smallest absolute Gasteiger partial charge is 0.108 e. The van der Waals surface area contributed by atoms with Crippen molar-refractivity contribution in [2.24, 2.45) is 0 Å². The minimum Gasteiger partial charge on any atom is -0.300 e. The van der Waals surface area contributed by atoms with Crippen molar-refractivity contribution >= 4 is 21.6 Å². The van der Waals surface area contributed by atoms with Gasteiger partial charge in [-0.25, -0.2) is 4.98 Å². The highest BCUT2D eigenvalue weighted by Crippen LogP contribution is 2.20. The van der Waals surface area contributed by atoms with Crippen molar-refractivity contribution in [2.45, 2.75) is 13.5 Å². The van der Waals surface area contributed by atoms with Crippen LogP contribution >= 0.6 is 11.3 Å². The van der Waals surface area contributed by atoms with Gasteiger partial charge in [0, 0.05) is 6.54 Å². The lowest BCUT2D eigenvalue weighted by Gasteiger charge is -1.93. The Morgan fingerprint density at radius 3 is 3.07 bits per heavy atom. The van der Waals surface area contributed by atoms with E-state index in [9.17, 15) is 0 Å². The first kappa shape index (κ1) is 10.2. The second-order valence-corrected chi connectivity index (χ2v) is 4.22. The van der Waals surface area contributed by atoms with E-state index in [1.807, 2.05) is 25.1 Å². The molecule has 0 radical (unpaired) electrons. The van der Waals surface area contributed by atoms with Crippen molar-refractivity contribution in [1.29, 1.82) is 0 Å². The van der Waals surface area contributed by atoms with E-state index in [1.54, 1.807) is 11.3 Å². The zero-order valence-electron chi connectivity index (χ0n) is 8.58. The maximum atomic E-state index is 4.52. The molecule has 0 aliphatic carbocycles. The van der Waals surface area contributed by atoms with Gasteiger partial charge in [0.1, 0.15) is 5.01 Å². The maximum absolute atomic E-state index is 4.52. The molecule has 0 unspecified atom stereocenters. The molecule has 0 aliphatic heterocycles. The van der Waals surface area contributed by atoms with Crippen LogP contribution in [0.4, 0.5) is 0 Å². The van der Waals surface area contributed by atoms with Crippen molar-refractivity contribution in [3.63, 3.8) is 0 Å². The largest absolute Gasteiger partial charge is 0.300 e. The highest BCUT2D eigenvalue weighted by atomic mass is 32.1. The summed E-state index contributed by atoms with van der Waals surface area (Å²) in [5, 5.41) is 4.36. The fraction of sp³-hybridized carbons (Fsp3) is 0.250. The lowest BCUT2D eigenvalue weighted by atomic mass is 10.3. The van der Waals surface area contributed by atoms with Crippen LogP contribution < -0.4 is 5.32 Å². The minimum absolute atomic E-state index is 0.729. The summed E-state index contributed by atoms with van der Waals surface area (Å²) < 4.78 is 1.25. The molecule has 2 aromatic rings. The average molecular weight is 216 g/mol. The molecule has 0 aliphatic rings. The molecule has 1 aromatic carbocycles. The molecule has 0 spiro atoms. The quantitative estimate of drug-likeness (QED) is 0.629. The monoisotopic (exact) mass is 216 g/mol. The molecule has 0 amide bonds. The third kappa shape index (κ3) is 2.56. The van der Waals surface area contributed by atoms with E-state index >= 15 is 0 Å². The van der Waals surface area contributed by atoms with Crippen LogP contribution in [0.25, 0.3) is 10.2 Å². The van der Waals surface area contributed by atoms with Crippen LogP contribution in [-0.4, -0.2) is 11.5 Å². The van der Waals surface area contributed by atoms with Crippen LogP contribution in [0.3, 0.4) is 0 Å². The fourth-order valence-electron chi connectivity index (χ4n) is 1.32. The molecule has 0 fully saturated rings. The van der Waals surface area contributed by atoms with Crippen molar-refractivity contribution in [2.75, 3.05) is 6.54 Å². The van der Waals surface area contributed by atoms with Crippen LogP contribution in [0.1, 0.15) is 11.9 Å². The molecule has 0 saturated carbocycles. The van der Waals surface area contributed by atoms with E-state index in [2.05, 4.69) is 28.2 Å². The molecule has 0 bridgehead atoms. The Labute approximate surface area is 93.3 Å². The molecule has 1 heterocycles. The van der Waals surface area contributed by atoms with Gasteiger partial charge in [0.25, 0.3) is 0 Å². The average Bonchev–Trinajstić information content (AvgIpc) is 2.67. The first-order valence-corrected chi connectivity index (χ1v) is 5.66. The normalized spacial score (nSPS) is 9.93. The Morgan fingerprint density at radius 1 is 1.40 bits per heavy atom. The number of nitrogens with zero attached hydrogens (tertiary/aromatic N) is 1. The first-order chi connectivity index (χ1) is 7.40. The van der Waals surface area contributed by atoms with Gasteiger partial charge in [-0.2, -0.15) is 0 Å². The van der Waals surface area contributed by atoms with Crippen LogP contribution in [0, 0.1) is 11.8 Å². The zero-order chi connectivity index (χ0) is 10.5. The Morgan fingerprint density at radius 2 is 2.27 bits per heavy atom. The number of fused-ring (bicyclic) bond motifs is 1. The van der Waals surface area contributed by atoms with Gasteiger partial charge >= 0.3 is 0 Å². The Kier molecular flexibility index (Phi) is 3.33. The number of para-hydroxylation sites is 1. The predicted molar refractivity (Wildman–Crippen MR) is 64.8 cm³/mol. The number of thiazole rings is 1. The highest BCUT2D eigenvalue weighted by molar-refractivity contribution is 7.18. The molecule has 2 rings (SSSR count). The van der Waals surface area contributed by atoms with Crippen molar-refractivity contribution < 1.29 is 0 Å². The standard InChI is InChI=1S/C12H12N2S/c1-2-3-8-13-9-12-14-10-6-4-5-7-11(10)15-12/h4-7,13H,8-9H2,1H3. The van der Waals surface area contributed by atoms with Crippen molar-refractivity contribution in [3.05, 3.63) is 29.3 Å². The van der Waals surface area contributed by atoms with Crippen LogP contribution in [-0.2, 0) is 6.54 Å². The van der Waals surface area contributed by atoms with Gasteiger partial charge in [-0.15, -0.1) is 17.3 Å². The van der Waals surface area contributed by atoms with Gasteiger partial charge in [0.2, 0.25) is 0 Å². The number of rotatable bonds is 3. The van der Waals surface area contributed by atoms with E-state index in [0.717, 1.165) is 23.6 Å². The summed E-state index contributed by atoms with van der Waals surface area (Å²) in [6, 6.07) is 8.20. The van der Waals surface area contributed by atoms with Gasteiger partial charge in [0.15, 0.2) is 0 Å². The van der Waals surface area contributed by atoms with Gasteiger partial charge < -0.3 is 0 Å². The molecule has 76 valence electrons. The summed E-state index contributed by atoms with van der Waals surface area (Å²) in [5.74, 6) is 5.82. The van der Waals surface area contributed by atoms with Gasteiger partial charge in [-0.05, 0) is 19.1 Å². The SMILES string of the molecule is CC#CCNCc1nc2ccccc2s1. The van der Waals surface area contributed by atoms with E-state index in [-0.39, 0.29) is 0 Å². The zero-order valence-corrected chi connectivity index (χ0v) is 9.40. The summed E-state index contributed by atoms with van der Waals surface area (Å²) in [7, 11) is 0. The van der Waals surface area contributed by atoms with Crippen LogP contribution in [0.5, 0.6) is 0 Å². The number of hydrogen-bond donors (Lipinski definition) is 1. The topological polar surface area (TPSA) is 24.9 Å². The molecule has 1 N–H and O–H groups in total. The Hall–Kier alpha value is -1.37. The summed E-state index contributed by atoms with van der Waals surface area (Å²) in [6.45, 7) is 3.37. The third-order valence-electron chi connectivity index (χ3n) is 2.00. The molecule has 0 atom stereocenters. The summed E-state index contributed by atoms with van der Waals surface area (Å²) >= 11 is 1.73. The lowest BCUT2D eigenvalue weighted by Crippen LogP contribution is -2.12. The van der Waals surface area contributed by atoms with E-state index < -0.39 is 0 Å². The van der Waals surface area contributed by atoms with Gasteiger partial charge in [-0.1, -0.05) is 18.1 Å². The highest BCUT2D eigenvalue weighted by Gasteiger charge is 2.01. The molecule has 2 nitrogen and oxygen atoms in total. The number of aromatic nitrogens is 1. The third-order valence-corrected chi connectivity index (χ3v) is 3.04. The molecular weight excluding hydrogens is 204 g/mol. The number of nitrogens with one attached hydrogen (secondary N) is 1. The number of hydrogen-bond acceptors (Lipinski definition) is 3. The second kappa shape index (κ2) is 4.92. The molecule has 0 saturated heterocycles. The van der Waals surface area contributed by atoms with Gasteiger partial charge in [0.05, 0.1) is 16.8 Å². The minimum atomic E-state index is 0.729. The van der Waals surface area contributed by atoms with E-state index in [0.29, 0.717) is 0 Å². The van der Waals surface area contributed by atoms with E-state index in [1.165, 1.54) is 4.70 Å². The summed E-state index contributed by atoms with van der Waals surface area (Å²) in [6.07, 6.45) is 0. The molecule has 3 heteroatoms. The van der Waals surface area contributed by atoms with Crippen molar-refractivity contribution in [1.82, 2.24) is 10.3 Å². The van der Waals surface area contributed by atoms with Crippen molar-refractivity contribution in [3.8, 4) is 11.8 Å². The Balaban J connectivity index is 2.04. The molecular formula is C12H12N2S. The van der Waals surface area contributed by atoms with Gasteiger partial charge in [-0.3, -0.25) is 5.32 Å². The molecule has 1 aromatic heterocycles. The maximum Gasteiger partial charge on any atom is 0.108 e. The second-order valence-electron chi connectivity index (χ2n) is 3.11. The van der Waals surface area contributed by atoms with Crippen LogP contribution in [0.15, 0.2) is 24.3 Å². The van der Waals surface area contributed by atoms with Crippen LogP contribution in [0.2, 0.25) is 0 Å².